The van der Waals surface area contributed by atoms with Gasteiger partial charge in [0.15, 0.2) is 9.84 Å². The Labute approximate surface area is 102 Å². The van der Waals surface area contributed by atoms with E-state index in [0.29, 0.717) is 25.9 Å². The molecule has 2 rings (SSSR count). The van der Waals surface area contributed by atoms with Crippen molar-refractivity contribution in [2.24, 2.45) is 0 Å². The molecule has 1 N–H and O–H groups in total. The van der Waals surface area contributed by atoms with Crippen molar-refractivity contribution in [3.63, 3.8) is 0 Å². The van der Waals surface area contributed by atoms with Gasteiger partial charge in [0.2, 0.25) is 0 Å². The molecule has 0 aromatic heterocycles. The Morgan fingerprint density at radius 2 is 1.59 bits per heavy atom. The van der Waals surface area contributed by atoms with Crippen molar-refractivity contribution in [3.8, 4) is 0 Å². The van der Waals surface area contributed by atoms with Gasteiger partial charge in [-0.05, 0) is 12.8 Å². The highest BCUT2D eigenvalue weighted by atomic mass is 32.2. The molecule has 1 aliphatic carbocycles. The van der Waals surface area contributed by atoms with E-state index in [9.17, 15) is 18.3 Å². The summed E-state index contributed by atoms with van der Waals surface area (Å²) < 4.78 is 22.8. The van der Waals surface area contributed by atoms with Crippen LogP contribution in [0.25, 0.3) is 0 Å². The van der Waals surface area contributed by atoms with Crippen LogP contribution >= 0.6 is 0 Å². The molecule has 5 nitrogen and oxygen atoms in total. The van der Waals surface area contributed by atoms with Crippen LogP contribution in [0.1, 0.15) is 32.1 Å². The predicted molar refractivity (Wildman–Crippen MR) is 63.7 cm³/mol. The fourth-order valence-electron chi connectivity index (χ4n) is 2.94. The van der Waals surface area contributed by atoms with E-state index in [0.717, 1.165) is 19.3 Å². The molecule has 0 amide bonds. The molecule has 6 heteroatoms. The monoisotopic (exact) mass is 261 g/mol. The number of hydrogen-bond donors (Lipinski definition) is 1. The predicted octanol–water partition coefficient (Wildman–Crippen LogP) is 0.504. The van der Waals surface area contributed by atoms with Crippen molar-refractivity contribution in [2.75, 3.05) is 24.6 Å². The van der Waals surface area contributed by atoms with E-state index in [4.69, 9.17) is 0 Å². The second-order valence-electron chi connectivity index (χ2n) is 5.04. The van der Waals surface area contributed by atoms with Gasteiger partial charge in [0.25, 0.3) is 0 Å². The van der Waals surface area contributed by atoms with Crippen LogP contribution in [0.5, 0.6) is 0 Å². The lowest BCUT2D eigenvalue weighted by Crippen LogP contribution is -2.59. The van der Waals surface area contributed by atoms with Crippen LogP contribution in [0.2, 0.25) is 0 Å². The largest absolute Gasteiger partial charge is 0.480 e. The minimum atomic E-state index is -2.94. The Balaban J connectivity index is 2.15. The molecule has 0 bridgehead atoms. The number of carboxylic acids is 1. The third-order valence-corrected chi connectivity index (χ3v) is 5.64. The van der Waals surface area contributed by atoms with E-state index < -0.39 is 21.3 Å². The van der Waals surface area contributed by atoms with Crippen molar-refractivity contribution < 1.29 is 18.3 Å². The minimum Gasteiger partial charge on any atom is -0.480 e. The summed E-state index contributed by atoms with van der Waals surface area (Å²) in [5.41, 5.74) is -0.797. The quantitative estimate of drug-likeness (QED) is 0.783. The zero-order valence-electron chi connectivity index (χ0n) is 9.89. The molecule has 0 spiro atoms. The summed E-state index contributed by atoms with van der Waals surface area (Å²) in [5.74, 6) is -0.583. The van der Waals surface area contributed by atoms with Gasteiger partial charge in [-0.25, -0.2) is 8.42 Å². The molecule has 0 radical (unpaired) electrons. The molecule has 1 aliphatic heterocycles. The molecular formula is C11H19NO4S. The summed E-state index contributed by atoms with van der Waals surface area (Å²) >= 11 is 0. The van der Waals surface area contributed by atoms with E-state index >= 15 is 0 Å². The molecule has 2 fully saturated rings. The Morgan fingerprint density at radius 1 is 1.06 bits per heavy atom. The van der Waals surface area contributed by atoms with Crippen LogP contribution in [-0.4, -0.2) is 54.5 Å². The van der Waals surface area contributed by atoms with Gasteiger partial charge < -0.3 is 5.11 Å². The Hall–Kier alpha value is -0.620. The number of carbonyl (C=O) groups is 1. The van der Waals surface area contributed by atoms with Crippen molar-refractivity contribution in [2.45, 2.75) is 37.6 Å². The second kappa shape index (κ2) is 4.57. The number of aliphatic carboxylic acids is 1. The lowest BCUT2D eigenvalue weighted by molar-refractivity contribution is -0.154. The highest BCUT2D eigenvalue weighted by molar-refractivity contribution is 7.91. The van der Waals surface area contributed by atoms with Gasteiger partial charge in [0.1, 0.15) is 5.54 Å². The Kier molecular flexibility index (Phi) is 3.45. The average Bonchev–Trinajstić information content (AvgIpc) is 2.29. The molecule has 1 saturated heterocycles. The molecule has 0 aromatic rings. The van der Waals surface area contributed by atoms with Gasteiger partial charge in [0, 0.05) is 13.1 Å². The fraction of sp³-hybridized carbons (Fsp3) is 0.909. The van der Waals surface area contributed by atoms with E-state index in [-0.39, 0.29) is 11.5 Å². The van der Waals surface area contributed by atoms with E-state index in [1.807, 2.05) is 4.90 Å². The fourth-order valence-corrected chi connectivity index (χ4v) is 4.14. The topological polar surface area (TPSA) is 74.7 Å². The van der Waals surface area contributed by atoms with Gasteiger partial charge in [0.05, 0.1) is 11.5 Å². The van der Waals surface area contributed by atoms with E-state index in [1.54, 1.807) is 0 Å². The van der Waals surface area contributed by atoms with Crippen LogP contribution < -0.4 is 0 Å². The van der Waals surface area contributed by atoms with Crippen molar-refractivity contribution in [3.05, 3.63) is 0 Å². The summed E-state index contributed by atoms with van der Waals surface area (Å²) in [7, 11) is -2.94. The first-order valence-electron chi connectivity index (χ1n) is 6.15. The number of nitrogens with zero attached hydrogens (tertiary/aromatic N) is 1. The van der Waals surface area contributed by atoms with Crippen molar-refractivity contribution >= 4 is 15.8 Å². The average molecular weight is 261 g/mol. The number of sulfone groups is 1. The molecule has 98 valence electrons. The first-order valence-corrected chi connectivity index (χ1v) is 7.97. The molecule has 0 unspecified atom stereocenters. The third-order valence-electron chi connectivity index (χ3n) is 4.03. The molecule has 1 heterocycles. The lowest BCUT2D eigenvalue weighted by Gasteiger charge is -2.44. The summed E-state index contributed by atoms with van der Waals surface area (Å²) in [6, 6.07) is 0. The maximum Gasteiger partial charge on any atom is 0.324 e. The summed E-state index contributed by atoms with van der Waals surface area (Å²) in [5, 5.41) is 9.48. The summed E-state index contributed by atoms with van der Waals surface area (Å²) in [4.78, 5) is 13.4. The van der Waals surface area contributed by atoms with Crippen LogP contribution in [0.3, 0.4) is 0 Å². The Bertz CT molecular complexity index is 384. The van der Waals surface area contributed by atoms with Gasteiger partial charge in [-0.1, -0.05) is 19.3 Å². The normalized spacial score (nSPS) is 28.7. The molecular weight excluding hydrogens is 242 g/mol. The Morgan fingerprint density at radius 3 is 2.06 bits per heavy atom. The maximum absolute atomic E-state index is 11.5. The first-order chi connectivity index (χ1) is 7.96. The smallest absolute Gasteiger partial charge is 0.324 e. The van der Waals surface area contributed by atoms with Gasteiger partial charge >= 0.3 is 5.97 Å². The van der Waals surface area contributed by atoms with Crippen LogP contribution in [0.15, 0.2) is 0 Å². The molecule has 0 aromatic carbocycles. The molecule has 2 aliphatic rings. The van der Waals surface area contributed by atoms with E-state index in [2.05, 4.69) is 0 Å². The van der Waals surface area contributed by atoms with E-state index in [1.165, 1.54) is 0 Å². The van der Waals surface area contributed by atoms with Gasteiger partial charge in [-0.15, -0.1) is 0 Å². The van der Waals surface area contributed by atoms with Gasteiger partial charge in [-0.3, -0.25) is 9.69 Å². The zero-order chi connectivity index (χ0) is 12.5. The molecule has 0 atom stereocenters. The zero-order valence-corrected chi connectivity index (χ0v) is 10.7. The summed E-state index contributed by atoms with van der Waals surface area (Å²) in [6.07, 6.45) is 4.25. The van der Waals surface area contributed by atoms with Gasteiger partial charge in [-0.2, -0.15) is 0 Å². The number of carboxylic acid groups (broad SMARTS) is 1. The molecule has 17 heavy (non-hydrogen) atoms. The SMILES string of the molecule is O=C(O)C1(N2CCS(=O)(=O)CC2)CCCCC1. The van der Waals surface area contributed by atoms with Crippen molar-refractivity contribution in [1.29, 1.82) is 0 Å². The highest BCUT2D eigenvalue weighted by Crippen LogP contribution is 2.34. The minimum absolute atomic E-state index is 0.0992. The van der Waals surface area contributed by atoms with Crippen LogP contribution in [0.4, 0.5) is 0 Å². The van der Waals surface area contributed by atoms with Crippen LogP contribution in [-0.2, 0) is 14.6 Å². The standard InChI is InChI=1S/C11H19NO4S/c13-10(14)11(4-2-1-3-5-11)12-6-8-17(15,16)9-7-12/h1-9H2,(H,13,14). The maximum atomic E-state index is 11.5. The molecule has 1 saturated carbocycles. The number of hydrogen-bond acceptors (Lipinski definition) is 4. The number of rotatable bonds is 2. The highest BCUT2D eigenvalue weighted by Gasteiger charge is 2.46. The summed E-state index contributed by atoms with van der Waals surface area (Å²) in [6.45, 7) is 0.739. The first kappa shape index (κ1) is 12.8. The van der Waals surface area contributed by atoms with Crippen molar-refractivity contribution in [1.82, 2.24) is 4.90 Å². The second-order valence-corrected chi connectivity index (χ2v) is 7.34. The third kappa shape index (κ3) is 2.47. The lowest BCUT2D eigenvalue weighted by atomic mass is 9.80. The van der Waals surface area contributed by atoms with Crippen LogP contribution in [0, 0.1) is 0 Å².